The molecule has 1 atom stereocenters. The van der Waals surface area contributed by atoms with Crippen molar-refractivity contribution in [3.8, 4) is 0 Å². The minimum absolute atomic E-state index is 0. The Balaban J connectivity index is -0.000000405. The predicted octanol–water partition coefficient (Wildman–Crippen LogP) is 0.227. The minimum Gasteiger partial charge on any atom is -0.481 e. The number of aliphatic hydroxyl groups is 1. The molecule has 0 aromatic heterocycles. The normalized spacial score (nSPS) is 11.3. The van der Waals surface area contributed by atoms with Crippen LogP contribution in [0.4, 0.5) is 0 Å². The maximum atomic E-state index is 10.0. The molecule has 0 saturated heterocycles. The first-order valence-corrected chi connectivity index (χ1v) is 3.07. The molecule has 0 aliphatic carbocycles. The molecule has 0 aliphatic heterocycles. The van der Waals surface area contributed by atoms with Crippen LogP contribution in [-0.2, 0) is 4.79 Å². The number of carbonyl (C=O) groups is 1. The predicted molar refractivity (Wildman–Crippen MR) is 51.3 cm³/mol. The largest absolute Gasteiger partial charge is 0.481 e. The number of nitrogens with zero attached hydrogens (tertiary/aromatic N) is 1. The van der Waals surface area contributed by atoms with Gasteiger partial charge in [0.2, 0.25) is 0 Å². The highest BCUT2D eigenvalue weighted by atomic mass is 35.5. The summed E-state index contributed by atoms with van der Waals surface area (Å²) in [4.78, 5) is 11.8. The fourth-order valence-corrected chi connectivity index (χ4v) is 0.688. The lowest BCUT2D eigenvalue weighted by Crippen LogP contribution is -2.27. The Hall–Kier alpha value is -0.0300. The van der Waals surface area contributed by atoms with Gasteiger partial charge in [0.25, 0.3) is 0 Å². The van der Waals surface area contributed by atoms with Crippen molar-refractivity contribution in [3.63, 3.8) is 0 Å². The molecular weight excluding hydrogens is 205 g/mol. The van der Waals surface area contributed by atoms with Gasteiger partial charge in [-0.15, -0.1) is 24.8 Å². The summed E-state index contributed by atoms with van der Waals surface area (Å²) in [6, 6.07) is 0. The fraction of sp³-hybridized carbons (Fsp3) is 0.833. The van der Waals surface area contributed by atoms with E-state index >= 15 is 0 Å². The Bertz CT molecular complexity index is 121. The van der Waals surface area contributed by atoms with Gasteiger partial charge >= 0.3 is 5.97 Å². The Morgan fingerprint density at radius 3 is 2.08 bits per heavy atom. The van der Waals surface area contributed by atoms with Crippen LogP contribution in [0.2, 0.25) is 0 Å². The first-order valence-electron chi connectivity index (χ1n) is 3.07. The van der Waals surface area contributed by atoms with Crippen LogP contribution in [-0.4, -0.2) is 47.8 Å². The van der Waals surface area contributed by atoms with Gasteiger partial charge in [0.15, 0.2) is 0 Å². The lowest BCUT2D eigenvalue weighted by molar-refractivity contribution is -0.139. The van der Waals surface area contributed by atoms with Crippen molar-refractivity contribution in [2.45, 2.75) is 12.5 Å². The van der Waals surface area contributed by atoms with E-state index in [4.69, 9.17) is 10.2 Å². The van der Waals surface area contributed by atoms with Crippen molar-refractivity contribution >= 4 is 30.8 Å². The molecule has 12 heavy (non-hydrogen) atoms. The Labute approximate surface area is 84.4 Å². The van der Waals surface area contributed by atoms with Gasteiger partial charge in [-0.3, -0.25) is 4.79 Å². The lowest BCUT2D eigenvalue weighted by atomic mass is 10.2. The molecule has 0 rings (SSSR count). The number of rotatable bonds is 4. The lowest BCUT2D eigenvalue weighted by Gasteiger charge is -2.13. The molecule has 0 fully saturated rings. The van der Waals surface area contributed by atoms with Crippen LogP contribution < -0.4 is 0 Å². The first-order chi connectivity index (χ1) is 4.52. The summed E-state index contributed by atoms with van der Waals surface area (Å²) >= 11 is 0. The molecule has 0 amide bonds. The molecule has 1 unspecified atom stereocenters. The summed E-state index contributed by atoms with van der Waals surface area (Å²) < 4.78 is 0. The highest BCUT2D eigenvalue weighted by Gasteiger charge is 2.09. The van der Waals surface area contributed by atoms with Gasteiger partial charge in [0.1, 0.15) is 0 Å². The summed E-state index contributed by atoms with van der Waals surface area (Å²) in [5.41, 5.74) is 0. The summed E-state index contributed by atoms with van der Waals surface area (Å²) in [5.74, 6) is -0.964. The van der Waals surface area contributed by atoms with Crippen LogP contribution in [0.1, 0.15) is 6.42 Å². The van der Waals surface area contributed by atoms with Gasteiger partial charge in [-0.1, -0.05) is 0 Å². The monoisotopic (exact) mass is 219 g/mol. The summed E-state index contributed by atoms with van der Waals surface area (Å²) in [6.45, 7) is 0.395. The van der Waals surface area contributed by atoms with Gasteiger partial charge < -0.3 is 15.1 Å². The molecule has 4 nitrogen and oxygen atoms in total. The Morgan fingerprint density at radius 2 is 1.83 bits per heavy atom. The number of halogens is 2. The van der Waals surface area contributed by atoms with E-state index < -0.39 is 12.1 Å². The quantitative estimate of drug-likeness (QED) is 0.711. The van der Waals surface area contributed by atoms with Crippen LogP contribution in [0.3, 0.4) is 0 Å². The average molecular weight is 220 g/mol. The highest BCUT2D eigenvalue weighted by molar-refractivity contribution is 5.85. The van der Waals surface area contributed by atoms with Crippen LogP contribution >= 0.6 is 24.8 Å². The third kappa shape index (κ3) is 12.6. The van der Waals surface area contributed by atoms with Crippen molar-refractivity contribution in [1.82, 2.24) is 4.90 Å². The van der Waals surface area contributed by atoms with Crippen molar-refractivity contribution in [1.29, 1.82) is 0 Å². The zero-order chi connectivity index (χ0) is 8.15. The zero-order valence-corrected chi connectivity index (χ0v) is 8.69. The molecule has 0 aliphatic rings. The van der Waals surface area contributed by atoms with Crippen molar-refractivity contribution < 1.29 is 15.0 Å². The topological polar surface area (TPSA) is 60.8 Å². The van der Waals surface area contributed by atoms with E-state index in [2.05, 4.69) is 0 Å². The smallest absolute Gasteiger partial charge is 0.306 e. The fourth-order valence-electron chi connectivity index (χ4n) is 0.688. The number of carboxylic acids is 1. The molecule has 0 radical (unpaired) electrons. The molecule has 76 valence electrons. The van der Waals surface area contributed by atoms with Gasteiger partial charge in [-0.2, -0.15) is 0 Å². The molecule has 0 saturated carbocycles. The van der Waals surface area contributed by atoms with E-state index in [0.717, 1.165) is 0 Å². The number of hydrogen-bond acceptors (Lipinski definition) is 3. The Morgan fingerprint density at radius 1 is 1.42 bits per heavy atom. The average Bonchev–Trinajstić information content (AvgIpc) is 1.58. The number of aliphatic hydroxyl groups excluding tert-OH is 1. The summed E-state index contributed by atoms with van der Waals surface area (Å²) in [7, 11) is 3.57. The van der Waals surface area contributed by atoms with E-state index in [9.17, 15) is 4.79 Å². The second-order valence-electron chi connectivity index (χ2n) is 2.51. The molecule has 2 N–H and O–H groups in total. The summed E-state index contributed by atoms with van der Waals surface area (Å²) in [6.07, 6.45) is -0.939. The van der Waals surface area contributed by atoms with Crippen molar-refractivity contribution in [3.05, 3.63) is 0 Å². The first kappa shape index (κ1) is 17.9. The SMILES string of the molecule is CN(C)CC(O)CC(=O)O.Cl.Cl. The van der Waals surface area contributed by atoms with Crippen LogP contribution in [0.5, 0.6) is 0 Å². The number of hydrogen-bond donors (Lipinski definition) is 2. The van der Waals surface area contributed by atoms with E-state index in [1.54, 1.807) is 19.0 Å². The molecular formula is C6H15Cl2NO3. The van der Waals surface area contributed by atoms with Crippen molar-refractivity contribution in [2.75, 3.05) is 20.6 Å². The highest BCUT2D eigenvalue weighted by Crippen LogP contribution is 1.92. The maximum Gasteiger partial charge on any atom is 0.306 e. The third-order valence-electron chi connectivity index (χ3n) is 0.986. The second kappa shape index (κ2) is 9.06. The van der Waals surface area contributed by atoms with E-state index in [-0.39, 0.29) is 31.2 Å². The number of likely N-dealkylation sites (N-methyl/N-ethyl adjacent to an activating group) is 1. The third-order valence-corrected chi connectivity index (χ3v) is 0.986. The van der Waals surface area contributed by atoms with E-state index in [1.165, 1.54) is 0 Å². The standard InChI is InChI=1S/C6H13NO3.2ClH/c1-7(2)4-5(8)3-6(9)10;;/h5,8H,3-4H2,1-2H3,(H,9,10);2*1H. The Kier molecular flexibility index (Phi) is 13.5. The minimum atomic E-state index is -0.964. The van der Waals surface area contributed by atoms with Crippen LogP contribution in [0.25, 0.3) is 0 Å². The maximum absolute atomic E-state index is 10.0. The van der Waals surface area contributed by atoms with E-state index in [1.807, 2.05) is 0 Å². The van der Waals surface area contributed by atoms with Gasteiger partial charge in [-0.05, 0) is 14.1 Å². The van der Waals surface area contributed by atoms with Gasteiger partial charge in [0.05, 0.1) is 12.5 Å². The molecule has 0 aromatic rings. The molecule has 0 heterocycles. The second-order valence-corrected chi connectivity index (χ2v) is 2.51. The molecule has 0 aromatic carbocycles. The van der Waals surface area contributed by atoms with Gasteiger partial charge in [0, 0.05) is 6.54 Å². The van der Waals surface area contributed by atoms with Crippen LogP contribution in [0, 0.1) is 0 Å². The molecule has 0 bridgehead atoms. The van der Waals surface area contributed by atoms with Gasteiger partial charge in [-0.25, -0.2) is 0 Å². The number of carboxylic acid groups (broad SMARTS) is 1. The zero-order valence-electron chi connectivity index (χ0n) is 7.06. The molecule has 6 heteroatoms. The van der Waals surface area contributed by atoms with Crippen molar-refractivity contribution in [2.24, 2.45) is 0 Å². The molecule has 0 spiro atoms. The number of aliphatic carboxylic acids is 1. The van der Waals surface area contributed by atoms with E-state index in [0.29, 0.717) is 6.54 Å². The summed E-state index contributed by atoms with van der Waals surface area (Å²) in [5, 5.41) is 17.2. The van der Waals surface area contributed by atoms with Crippen LogP contribution in [0.15, 0.2) is 0 Å².